The van der Waals surface area contributed by atoms with E-state index in [-0.39, 0.29) is 11.3 Å². The molecule has 2 nitrogen and oxygen atoms in total. The van der Waals surface area contributed by atoms with Crippen LogP contribution >= 0.6 is 15.9 Å². The minimum absolute atomic E-state index is 0.0703. The predicted molar refractivity (Wildman–Crippen MR) is 81.4 cm³/mol. The van der Waals surface area contributed by atoms with Crippen molar-refractivity contribution in [3.63, 3.8) is 0 Å². The second-order valence-electron chi connectivity index (χ2n) is 5.29. The highest BCUT2D eigenvalue weighted by molar-refractivity contribution is 9.10. The molecule has 1 aromatic rings. The van der Waals surface area contributed by atoms with Gasteiger partial charge in [0.15, 0.2) is 5.78 Å². The van der Waals surface area contributed by atoms with Gasteiger partial charge >= 0.3 is 0 Å². The summed E-state index contributed by atoms with van der Waals surface area (Å²) in [6.45, 7) is 12.5. The molecule has 98 valence electrons. The number of nitrogens with zero attached hydrogens (tertiary/aromatic N) is 1. The lowest BCUT2D eigenvalue weighted by Crippen LogP contribution is -2.42. The third-order valence-electron chi connectivity index (χ3n) is 2.75. The summed E-state index contributed by atoms with van der Waals surface area (Å²) in [5.74, 6) is 0.0795. The fourth-order valence-electron chi connectivity index (χ4n) is 1.89. The monoisotopic (exact) mass is 309 g/mol. The molecule has 0 aliphatic rings. The predicted octanol–water partition coefficient (Wildman–Crippen LogP) is 4.44. The van der Waals surface area contributed by atoms with Crippen LogP contribution in [0.4, 0.5) is 5.69 Å². The molecule has 18 heavy (non-hydrogen) atoms. The second-order valence-corrected chi connectivity index (χ2v) is 6.20. The van der Waals surface area contributed by atoms with E-state index in [0.717, 1.165) is 15.7 Å². The number of Topliss-reactive ketones (excluding diaryl/α,β-unsaturated/α-hetero) is 1. The normalized spacial score (nSPS) is 11.2. The van der Waals surface area contributed by atoms with Crippen molar-refractivity contribution in [3.05, 3.63) is 40.9 Å². The largest absolute Gasteiger partial charge is 0.362 e. The second kappa shape index (κ2) is 5.70. The van der Waals surface area contributed by atoms with E-state index in [2.05, 4.69) is 48.2 Å². The van der Waals surface area contributed by atoms with Crippen molar-refractivity contribution in [1.82, 2.24) is 0 Å². The Bertz CT molecular complexity index is 460. The number of ketones is 1. The molecular formula is C15H20BrNO. The Morgan fingerprint density at radius 3 is 2.50 bits per heavy atom. The first kappa shape index (κ1) is 15.0. The van der Waals surface area contributed by atoms with Gasteiger partial charge in [0, 0.05) is 27.8 Å². The van der Waals surface area contributed by atoms with Crippen LogP contribution in [0.15, 0.2) is 35.3 Å². The molecule has 1 rings (SSSR count). The van der Waals surface area contributed by atoms with Gasteiger partial charge in [0.05, 0.1) is 0 Å². The van der Waals surface area contributed by atoms with Gasteiger partial charge in [0.1, 0.15) is 0 Å². The number of anilines is 1. The lowest BCUT2D eigenvalue weighted by atomic mass is 10.0. The molecule has 0 fully saturated rings. The van der Waals surface area contributed by atoms with Gasteiger partial charge in [-0.1, -0.05) is 22.0 Å². The fourth-order valence-corrected chi connectivity index (χ4v) is 2.24. The Morgan fingerprint density at radius 1 is 1.44 bits per heavy atom. The highest BCUT2D eigenvalue weighted by Gasteiger charge is 2.24. The first-order valence-corrected chi connectivity index (χ1v) is 6.75. The molecule has 0 saturated heterocycles. The molecule has 1 aromatic carbocycles. The molecule has 0 radical (unpaired) electrons. The van der Waals surface area contributed by atoms with Crippen LogP contribution in [-0.2, 0) is 0 Å². The number of benzene rings is 1. The summed E-state index contributed by atoms with van der Waals surface area (Å²) < 4.78 is 0.973. The average molecular weight is 310 g/mol. The molecule has 0 aliphatic heterocycles. The van der Waals surface area contributed by atoms with E-state index in [1.807, 2.05) is 24.3 Å². The molecule has 0 amide bonds. The highest BCUT2D eigenvalue weighted by atomic mass is 79.9. The number of rotatable bonds is 4. The Balaban J connectivity index is 3.38. The smallest absolute Gasteiger partial charge is 0.161 e. The summed E-state index contributed by atoms with van der Waals surface area (Å²) in [6, 6.07) is 5.75. The fraction of sp³-hybridized carbons (Fsp3) is 0.400. The standard InChI is InChI=1S/C15H20BrNO/c1-6-9-17(15(3,4)5)14-10-12(16)7-8-13(14)11(2)18/h6-8,10H,1,9H2,2-5H3. The minimum atomic E-state index is -0.0703. The molecule has 0 N–H and O–H groups in total. The van der Waals surface area contributed by atoms with Gasteiger partial charge in [0.25, 0.3) is 0 Å². The third kappa shape index (κ3) is 3.45. The van der Waals surface area contributed by atoms with Crippen molar-refractivity contribution in [1.29, 1.82) is 0 Å². The van der Waals surface area contributed by atoms with Gasteiger partial charge in [-0.3, -0.25) is 4.79 Å². The molecule has 0 heterocycles. The van der Waals surface area contributed by atoms with Crippen molar-refractivity contribution >= 4 is 27.4 Å². The number of hydrogen-bond donors (Lipinski definition) is 0. The average Bonchev–Trinajstić information content (AvgIpc) is 2.23. The SMILES string of the molecule is C=CCN(c1cc(Br)ccc1C(C)=O)C(C)(C)C. The Labute approximate surface area is 118 Å². The molecule has 3 heteroatoms. The maximum absolute atomic E-state index is 11.7. The molecule has 0 atom stereocenters. The van der Waals surface area contributed by atoms with Crippen LogP contribution in [0.2, 0.25) is 0 Å². The van der Waals surface area contributed by atoms with E-state index < -0.39 is 0 Å². The lowest BCUT2D eigenvalue weighted by Gasteiger charge is -2.38. The van der Waals surface area contributed by atoms with Crippen LogP contribution in [0.3, 0.4) is 0 Å². The van der Waals surface area contributed by atoms with E-state index in [1.54, 1.807) is 6.92 Å². The molecule has 0 spiro atoms. The summed E-state index contributed by atoms with van der Waals surface area (Å²) >= 11 is 3.47. The highest BCUT2D eigenvalue weighted by Crippen LogP contribution is 2.30. The van der Waals surface area contributed by atoms with Crippen molar-refractivity contribution < 1.29 is 4.79 Å². The number of hydrogen-bond acceptors (Lipinski definition) is 2. The van der Waals surface area contributed by atoms with E-state index in [0.29, 0.717) is 6.54 Å². The molecule has 0 aromatic heterocycles. The van der Waals surface area contributed by atoms with Crippen molar-refractivity contribution in [2.45, 2.75) is 33.2 Å². The van der Waals surface area contributed by atoms with Crippen LogP contribution in [0.5, 0.6) is 0 Å². The van der Waals surface area contributed by atoms with Gasteiger partial charge in [-0.05, 0) is 45.9 Å². The quantitative estimate of drug-likeness (QED) is 0.605. The zero-order valence-corrected chi connectivity index (χ0v) is 13.0. The first-order chi connectivity index (χ1) is 8.27. The number of carbonyl (C=O) groups is 1. The topological polar surface area (TPSA) is 20.3 Å². The summed E-state index contributed by atoms with van der Waals surface area (Å²) in [6.07, 6.45) is 1.86. The van der Waals surface area contributed by atoms with Crippen LogP contribution in [-0.4, -0.2) is 17.9 Å². The first-order valence-electron chi connectivity index (χ1n) is 5.96. The zero-order valence-electron chi connectivity index (χ0n) is 11.5. The van der Waals surface area contributed by atoms with Crippen molar-refractivity contribution in [2.75, 3.05) is 11.4 Å². The number of carbonyl (C=O) groups excluding carboxylic acids is 1. The summed E-state index contributed by atoms with van der Waals surface area (Å²) in [5.41, 5.74) is 1.62. The Hall–Kier alpha value is -1.09. The van der Waals surface area contributed by atoms with Gasteiger partial charge in [0.2, 0.25) is 0 Å². The van der Waals surface area contributed by atoms with Gasteiger partial charge in [-0.25, -0.2) is 0 Å². The third-order valence-corrected chi connectivity index (χ3v) is 3.24. The van der Waals surface area contributed by atoms with E-state index >= 15 is 0 Å². The lowest BCUT2D eigenvalue weighted by molar-refractivity contribution is 0.101. The molecule has 0 aliphatic carbocycles. The maximum Gasteiger partial charge on any atom is 0.161 e. The van der Waals surface area contributed by atoms with E-state index in [9.17, 15) is 4.79 Å². The van der Waals surface area contributed by atoms with Crippen LogP contribution in [0, 0.1) is 0 Å². The van der Waals surface area contributed by atoms with Crippen LogP contribution in [0.1, 0.15) is 38.1 Å². The van der Waals surface area contributed by atoms with E-state index in [4.69, 9.17) is 0 Å². The van der Waals surface area contributed by atoms with Gasteiger partial charge in [-0.2, -0.15) is 0 Å². The molecular weight excluding hydrogens is 290 g/mol. The van der Waals surface area contributed by atoms with E-state index in [1.165, 1.54) is 0 Å². The summed E-state index contributed by atoms with van der Waals surface area (Å²) in [5, 5.41) is 0. The Morgan fingerprint density at radius 2 is 2.06 bits per heavy atom. The zero-order chi connectivity index (χ0) is 13.9. The summed E-state index contributed by atoms with van der Waals surface area (Å²) in [7, 11) is 0. The summed E-state index contributed by atoms with van der Waals surface area (Å²) in [4.78, 5) is 13.9. The van der Waals surface area contributed by atoms with Crippen LogP contribution < -0.4 is 4.90 Å². The maximum atomic E-state index is 11.7. The molecule has 0 bridgehead atoms. The van der Waals surface area contributed by atoms with Crippen molar-refractivity contribution in [3.8, 4) is 0 Å². The molecule has 0 saturated carbocycles. The Kier molecular flexibility index (Phi) is 4.74. The minimum Gasteiger partial charge on any atom is -0.362 e. The van der Waals surface area contributed by atoms with Gasteiger partial charge in [-0.15, -0.1) is 6.58 Å². The number of halogens is 1. The van der Waals surface area contributed by atoms with Crippen LogP contribution in [0.25, 0.3) is 0 Å². The molecule has 0 unspecified atom stereocenters. The van der Waals surface area contributed by atoms with Crippen molar-refractivity contribution in [2.24, 2.45) is 0 Å². The van der Waals surface area contributed by atoms with Gasteiger partial charge < -0.3 is 4.90 Å².